The zero-order valence-electron chi connectivity index (χ0n) is 26.6. The fraction of sp³-hybridized carbons (Fsp3) is 0.455. The lowest BCUT2D eigenvalue weighted by Gasteiger charge is -2.34. The van der Waals surface area contributed by atoms with E-state index in [9.17, 15) is 14.4 Å². The van der Waals surface area contributed by atoms with Gasteiger partial charge in [0.2, 0.25) is 0 Å². The normalized spacial score (nSPS) is 16.9. The molecule has 2 aromatic carbocycles. The standard InChI is InChI=1S/C33H44N8O3/c1-22(2)41-30-23(3)20-40(27-13-9-25(10-14-27)32(43)37(4)5)21-28(30)29(36-41)31(42)34-19-24-7-11-26(12-8-24)35-33(44)39-17-15-38(6)16-18-39/h7-14,22-23H,15-21H2,1-6H3,(H,34,42)(H,35,44)/t23-/m0/s1. The summed E-state index contributed by atoms with van der Waals surface area (Å²) in [6.45, 7) is 11.2. The number of likely N-dealkylation sites (N-methyl/N-ethyl adjacent to an activating group) is 1. The van der Waals surface area contributed by atoms with Gasteiger partial charge in [0, 0.05) is 100 Å². The number of nitrogens with one attached hydrogen (secondary N) is 2. The number of nitrogens with zero attached hydrogens (tertiary/aromatic N) is 6. The summed E-state index contributed by atoms with van der Waals surface area (Å²) in [5, 5.41) is 10.8. The van der Waals surface area contributed by atoms with Crippen molar-refractivity contribution >= 4 is 29.2 Å². The summed E-state index contributed by atoms with van der Waals surface area (Å²) < 4.78 is 1.99. The molecule has 11 heteroatoms. The highest BCUT2D eigenvalue weighted by atomic mass is 16.2. The molecule has 0 radical (unpaired) electrons. The molecule has 1 fully saturated rings. The predicted octanol–water partition coefficient (Wildman–Crippen LogP) is 4.00. The Morgan fingerprint density at radius 1 is 0.977 bits per heavy atom. The number of aromatic nitrogens is 2. The molecule has 2 aliphatic heterocycles. The average Bonchev–Trinajstić information content (AvgIpc) is 3.41. The number of fused-ring (bicyclic) bond motifs is 1. The molecule has 2 N–H and O–H groups in total. The van der Waals surface area contributed by atoms with Crippen LogP contribution in [0.4, 0.5) is 16.2 Å². The van der Waals surface area contributed by atoms with Crippen molar-refractivity contribution in [3.63, 3.8) is 0 Å². The van der Waals surface area contributed by atoms with Gasteiger partial charge in [-0.3, -0.25) is 14.3 Å². The number of anilines is 2. The number of hydrogen-bond acceptors (Lipinski definition) is 6. The van der Waals surface area contributed by atoms with Crippen LogP contribution in [0.15, 0.2) is 48.5 Å². The van der Waals surface area contributed by atoms with Crippen LogP contribution < -0.4 is 15.5 Å². The monoisotopic (exact) mass is 600 g/mol. The lowest BCUT2D eigenvalue weighted by molar-refractivity contribution is 0.0827. The maximum absolute atomic E-state index is 13.6. The lowest BCUT2D eigenvalue weighted by Crippen LogP contribution is -2.48. The molecule has 0 bridgehead atoms. The molecule has 44 heavy (non-hydrogen) atoms. The third-order valence-corrected chi connectivity index (χ3v) is 8.40. The van der Waals surface area contributed by atoms with Gasteiger partial charge in [0.05, 0.1) is 0 Å². The van der Waals surface area contributed by atoms with Gasteiger partial charge in [0.15, 0.2) is 5.69 Å². The van der Waals surface area contributed by atoms with Crippen molar-refractivity contribution in [2.45, 2.75) is 45.8 Å². The van der Waals surface area contributed by atoms with Crippen LogP contribution in [-0.2, 0) is 13.1 Å². The summed E-state index contributed by atoms with van der Waals surface area (Å²) in [6, 6.07) is 15.2. The number of rotatable bonds is 7. The van der Waals surface area contributed by atoms with Gasteiger partial charge in [0.1, 0.15) is 0 Å². The first-order valence-corrected chi connectivity index (χ1v) is 15.3. The Hall–Kier alpha value is -4.38. The molecule has 3 aromatic rings. The second kappa shape index (κ2) is 13.1. The molecule has 0 spiro atoms. The van der Waals surface area contributed by atoms with Crippen LogP contribution in [0.5, 0.6) is 0 Å². The van der Waals surface area contributed by atoms with Gasteiger partial charge in [-0.1, -0.05) is 19.1 Å². The molecule has 11 nitrogen and oxygen atoms in total. The molecule has 4 amide bonds. The maximum atomic E-state index is 13.6. The van der Waals surface area contributed by atoms with Gasteiger partial charge in [-0.2, -0.15) is 5.10 Å². The van der Waals surface area contributed by atoms with Crippen LogP contribution in [0.1, 0.15) is 70.4 Å². The van der Waals surface area contributed by atoms with Crippen LogP contribution >= 0.6 is 0 Å². The Balaban J connectivity index is 1.26. The Labute approximate surface area is 259 Å². The van der Waals surface area contributed by atoms with E-state index in [1.807, 2.05) is 58.1 Å². The van der Waals surface area contributed by atoms with E-state index < -0.39 is 0 Å². The zero-order chi connectivity index (χ0) is 31.5. The van der Waals surface area contributed by atoms with Gasteiger partial charge in [-0.25, -0.2) is 4.79 Å². The second-order valence-electron chi connectivity index (χ2n) is 12.4. The first-order valence-electron chi connectivity index (χ1n) is 15.3. The van der Waals surface area contributed by atoms with Gasteiger partial charge in [0.25, 0.3) is 11.8 Å². The van der Waals surface area contributed by atoms with Crippen molar-refractivity contribution in [2.75, 3.05) is 64.1 Å². The quantitative estimate of drug-likeness (QED) is 0.425. The number of carbonyl (C=O) groups excluding carboxylic acids is 3. The number of carbonyl (C=O) groups is 3. The summed E-state index contributed by atoms with van der Waals surface area (Å²) in [5.74, 6) is -0.0889. The molecule has 1 saturated heterocycles. The minimum atomic E-state index is -0.214. The lowest BCUT2D eigenvalue weighted by atomic mass is 9.95. The fourth-order valence-electron chi connectivity index (χ4n) is 5.86. The minimum absolute atomic E-state index is 0.0342. The number of hydrogen-bond donors (Lipinski definition) is 2. The van der Waals surface area contributed by atoms with Crippen molar-refractivity contribution in [3.8, 4) is 0 Å². The average molecular weight is 601 g/mol. The van der Waals surface area contributed by atoms with Gasteiger partial charge < -0.3 is 30.2 Å². The van der Waals surface area contributed by atoms with Crippen LogP contribution in [0.25, 0.3) is 0 Å². The molecule has 234 valence electrons. The molecule has 1 atom stereocenters. The zero-order valence-corrected chi connectivity index (χ0v) is 26.6. The smallest absolute Gasteiger partial charge is 0.321 e. The summed E-state index contributed by atoms with van der Waals surface area (Å²) in [4.78, 5) is 46.4. The molecule has 0 saturated carbocycles. The Bertz CT molecular complexity index is 1490. The van der Waals surface area contributed by atoms with Crippen molar-refractivity contribution in [3.05, 3.63) is 76.6 Å². The molecule has 0 aliphatic carbocycles. The summed E-state index contributed by atoms with van der Waals surface area (Å²) >= 11 is 0. The van der Waals surface area contributed by atoms with Crippen molar-refractivity contribution < 1.29 is 14.4 Å². The predicted molar refractivity (Wildman–Crippen MR) is 172 cm³/mol. The number of benzene rings is 2. The fourth-order valence-corrected chi connectivity index (χ4v) is 5.86. The van der Waals surface area contributed by atoms with Gasteiger partial charge in [-0.05, 0) is 62.9 Å². The van der Waals surface area contributed by atoms with Crippen LogP contribution in [0.3, 0.4) is 0 Å². The van der Waals surface area contributed by atoms with Crippen molar-refractivity contribution in [2.24, 2.45) is 0 Å². The van der Waals surface area contributed by atoms with Gasteiger partial charge >= 0.3 is 6.03 Å². The first-order chi connectivity index (χ1) is 21.0. The number of amides is 4. The Morgan fingerprint density at radius 3 is 2.25 bits per heavy atom. The second-order valence-corrected chi connectivity index (χ2v) is 12.4. The van der Waals surface area contributed by atoms with E-state index in [-0.39, 0.29) is 29.8 Å². The highest BCUT2D eigenvalue weighted by molar-refractivity contribution is 5.95. The van der Waals surface area contributed by atoms with E-state index in [0.29, 0.717) is 37.4 Å². The Morgan fingerprint density at radius 2 is 1.64 bits per heavy atom. The van der Waals surface area contributed by atoms with E-state index in [1.54, 1.807) is 19.0 Å². The Kier molecular flexibility index (Phi) is 9.24. The summed E-state index contributed by atoms with van der Waals surface area (Å²) in [6.07, 6.45) is 0. The highest BCUT2D eigenvalue weighted by Gasteiger charge is 2.33. The first kappa shape index (κ1) is 31.1. The van der Waals surface area contributed by atoms with E-state index in [1.165, 1.54) is 0 Å². The molecular weight excluding hydrogens is 556 g/mol. The number of urea groups is 1. The van der Waals surface area contributed by atoms with Crippen LogP contribution in [0, 0.1) is 0 Å². The highest BCUT2D eigenvalue weighted by Crippen LogP contribution is 2.35. The topological polar surface area (TPSA) is 106 Å². The van der Waals surface area contributed by atoms with Crippen molar-refractivity contribution in [1.29, 1.82) is 0 Å². The van der Waals surface area contributed by atoms with E-state index in [4.69, 9.17) is 5.10 Å². The SMILES string of the molecule is CC(C)n1nc(C(=O)NCc2ccc(NC(=O)N3CCN(C)CC3)cc2)c2c1[C@@H](C)CN(c1ccc(C(=O)N(C)C)cc1)C2. The molecule has 5 rings (SSSR count). The third kappa shape index (κ3) is 6.72. The largest absolute Gasteiger partial charge is 0.366 e. The third-order valence-electron chi connectivity index (χ3n) is 8.40. The summed E-state index contributed by atoms with van der Waals surface area (Å²) in [5.41, 5.74) is 5.77. The molecule has 0 unspecified atom stereocenters. The molecule has 2 aliphatic rings. The summed E-state index contributed by atoms with van der Waals surface area (Å²) in [7, 11) is 5.55. The molecule has 3 heterocycles. The van der Waals surface area contributed by atoms with E-state index in [2.05, 4.69) is 48.3 Å². The van der Waals surface area contributed by atoms with Crippen LogP contribution in [0.2, 0.25) is 0 Å². The van der Waals surface area contributed by atoms with Crippen molar-refractivity contribution in [1.82, 2.24) is 29.8 Å². The van der Waals surface area contributed by atoms with Gasteiger partial charge in [-0.15, -0.1) is 0 Å². The molecule has 1 aromatic heterocycles. The molecular formula is C33H44N8O3. The van der Waals surface area contributed by atoms with E-state index >= 15 is 0 Å². The maximum Gasteiger partial charge on any atom is 0.321 e. The minimum Gasteiger partial charge on any atom is -0.366 e. The number of piperazine rings is 1. The van der Waals surface area contributed by atoms with E-state index in [0.717, 1.165) is 47.8 Å². The van der Waals surface area contributed by atoms with Crippen LogP contribution in [-0.4, -0.2) is 96.2 Å².